The summed E-state index contributed by atoms with van der Waals surface area (Å²) in [5.74, 6) is 0.541. The molecule has 0 aromatic heterocycles. The van der Waals surface area contributed by atoms with Gasteiger partial charge in [0.2, 0.25) is 0 Å². The van der Waals surface area contributed by atoms with E-state index in [1.165, 1.54) is 0 Å². The SMILES string of the molecule is CC(OC(=O)NC1CCN(C(=O)OC(C)(C)C)CC1)C1CC1. The zero-order valence-electron chi connectivity index (χ0n) is 14.1. The number of carbonyl (C=O) groups excluding carboxylic acids is 2. The van der Waals surface area contributed by atoms with Crippen molar-refractivity contribution >= 4 is 12.2 Å². The summed E-state index contributed by atoms with van der Waals surface area (Å²) in [6, 6.07) is 0.0672. The summed E-state index contributed by atoms with van der Waals surface area (Å²) >= 11 is 0. The molecule has 0 spiro atoms. The minimum Gasteiger partial charge on any atom is -0.446 e. The quantitative estimate of drug-likeness (QED) is 0.870. The molecule has 2 rings (SSSR count). The zero-order valence-corrected chi connectivity index (χ0v) is 14.1. The minimum atomic E-state index is -0.477. The van der Waals surface area contributed by atoms with E-state index in [2.05, 4.69) is 5.32 Å². The number of nitrogens with zero attached hydrogens (tertiary/aromatic N) is 1. The summed E-state index contributed by atoms with van der Waals surface area (Å²) < 4.78 is 10.7. The Morgan fingerprint density at radius 1 is 1.14 bits per heavy atom. The highest BCUT2D eigenvalue weighted by Gasteiger charge is 2.32. The third-order valence-corrected chi connectivity index (χ3v) is 4.05. The van der Waals surface area contributed by atoms with Gasteiger partial charge in [-0.3, -0.25) is 0 Å². The topological polar surface area (TPSA) is 67.9 Å². The van der Waals surface area contributed by atoms with Gasteiger partial charge >= 0.3 is 12.2 Å². The maximum Gasteiger partial charge on any atom is 0.410 e. The van der Waals surface area contributed by atoms with Crippen LogP contribution < -0.4 is 5.32 Å². The average molecular weight is 312 g/mol. The number of carbonyl (C=O) groups is 2. The van der Waals surface area contributed by atoms with Crippen LogP contribution in [0, 0.1) is 5.92 Å². The Bertz CT molecular complexity index is 407. The van der Waals surface area contributed by atoms with Gasteiger partial charge in [0.15, 0.2) is 0 Å². The summed E-state index contributed by atoms with van der Waals surface area (Å²) in [4.78, 5) is 25.5. The third-order valence-electron chi connectivity index (χ3n) is 4.05. The molecule has 6 nitrogen and oxygen atoms in total. The number of rotatable bonds is 3. The van der Waals surface area contributed by atoms with E-state index in [4.69, 9.17) is 9.47 Å². The number of hydrogen-bond donors (Lipinski definition) is 1. The van der Waals surface area contributed by atoms with Crippen molar-refractivity contribution in [1.29, 1.82) is 0 Å². The van der Waals surface area contributed by atoms with Crippen molar-refractivity contribution in [3.63, 3.8) is 0 Å². The fourth-order valence-corrected chi connectivity index (χ4v) is 2.56. The minimum absolute atomic E-state index is 0.00172. The van der Waals surface area contributed by atoms with Crippen LogP contribution in [0.15, 0.2) is 0 Å². The van der Waals surface area contributed by atoms with Gasteiger partial charge in [0.1, 0.15) is 11.7 Å². The molecule has 1 saturated heterocycles. The fraction of sp³-hybridized carbons (Fsp3) is 0.875. The van der Waals surface area contributed by atoms with Crippen molar-refractivity contribution in [2.45, 2.75) is 71.1 Å². The van der Waals surface area contributed by atoms with E-state index in [0.29, 0.717) is 19.0 Å². The van der Waals surface area contributed by atoms with Gasteiger partial charge in [-0.2, -0.15) is 0 Å². The maximum absolute atomic E-state index is 12.0. The van der Waals surface area contributed by atoms with Crippen LogP contribution in [-0.2, 0) is 9.47 Å². The molecular weight excluding hydrogens is 284 g/mol. The molecule has 1 atom stereocenters. The normalized spacial score (nSPS) is 21.2. The molecule has 1 aliphatic heterocycles. The summed E-state index contributed by atoms with van der Waals surface area (Å²) in [6.45, 7) is 8.71. The Morgan fingerprint density at radius 2 is 1.73 bits per heavy atom. The van der Waals surface area contributed by atoms with Crippen molar-refractivity contribution in [2.75, 3.05) is 13.1 Å². The van der Waals surface area contributed by atoms with Crippen LogP contribution in [-0.4, -0.2) is 47.9 Å². The van der Waals surface area contributed by atoms with E-state index in [0.717, 1.165) is 25.7 Å². The average Bonchev–Trinajstić information content (AvgIpc) is 3.21. The highest BCUT2D eigenvalue weighted by molar-refractivity contribution is 5.69. The molecule has 1 N–H and O–H groups in total. The van der Waals surface area contributed by atoms with E-state index in [1.54, 1.807) is 4.90 Å². The molecule has 1 heterocycles. The summed E-state index contributed by atoms with van der Waals surface area (Å²) in [7, 11) is 0. The molecule has 2 amide bonds. The Morgan fingerprint density at radius 3 is 2.23 bits per heavy atom. The molecule has 126 valence electrons. The van der Waals surface area contributed by atoms with Gasteiger partial charge in [-0.15, -0.1) is 0 Å². The largest absolute Gasteiger partial charge is 0.446 e. The third kappa shape index (κ3) is 5.39. The molecule has 2 fully saturated rings. The number of hydrogen-bond acceptors (Lipinski definition) is 4. The van der Waals surface area contributed by atoms with Gasteiger partial charge in [0.25, 0.3) is 0 Å². The summed E-state index contributed by atoms with van der Waals surface area (Å²) in [5.41, 5.74) is -0.477. The lowest BCUT2D eigenvalue weighted by atomic mass is 10.1. The Hall–Kier alpha value is -1.46. The van der Waals surface area contributed by atoms with Crippen molar-refractivity contribution in [2.24, 2.45) is 5.92 Å². The van der Waals surface area contributed by atoms with E-state index in [9.17, 15) is 9.59 Å². The van der Waals surface area contributed by atoms with Crippen LogP contribution in [0.3, 0.4) is 0 Å². The van der Waals surface area contributed by atoms with Crippen molar-refractivity contribution < 1.29 is 19.1 Å². The first-order valence-electron chi connectivity index (χ1n) is 8.19. The maximum atomic E-state index is 12.0. The van der Waals surface area contributed by atoms with Crippen molar-refractivity contribution in [1.82, 2.24) is 10.2 Å². The van der Waals surface area contributed by atoms with Gasteiger partial charge in [-0.1, -0.05) is 0 Å². The monoisotopic (exact) mass is 312 g/mol. The van der Waals surface area contributed by atoms with Crippen LogP contribution in [0.1, 0.15) is 53.4 Å². The lowest BCUT2D eigenvalue weighted by molar-refractivity contribution is 0.0196. The molecule has 1 saturated carbocycles. The number of piperidine rings is 1. The number of likely N-dealkylation sites (tertiary alicyclic amines) is 1. The molecule has 6 heteroatoms. The second kappa shape index (κ2) is 6.75. The van der Waals surface area contributed by atoms with Gasteiger partial charge in [-0.25, -0.2) is 9.59 Å². The standard InChI is InChI=1S/C16H28N2O4/c1-11(12-5-6-12)21-14(19)17-13-7-9-18(10-8-13)15(20)22-16(2,3)4/h11-13H,5-10H2,1-4H3,(H,17,19). The zero-order chi connectivity index (χ0) is 16.3. The van der Waals surface area contributed by atoms with E-state index < -0.39 is 5.60 Å². The molecular formula is C16H28N2O4. The molecule has 0 bridgehead atoms. The van der Waals surface area contributed by atoms with Crippen LogP contribution >= 0.6 is 0 Å². The number of amides is 2. The van der Waals surface area contributed by atoms with Gasteiger partial charge in [-0.05, 0) is 59.3 Å². The number of alkyl carbamates (subject to hydrolysis) is 1. The molecule has 1 unspecified atom stereocenters. The van der Waals surface area contributed by atoms with Gasteiger partial charge in [0.05, 0.1) is 0 Å². The molecule has 0 aromatic rings. The molecule has 2 aliphatic rings. The lowest BCUT2D eigenvalue weighted by Crippen LogP contribution is -2.48. The van der Waals surface area contributed by atoms with Gasteiger partial charge in [0, 0.05) is 19.1 Å². The predicted octanol–water partition coefficient (Wildman–Crippen LogP) is 2.91. The van der Waals surface area contributed by atoms with Gasteiger partial charge < -0.3 is 19.7 Å². The van der Waals surface area contributed by atoms with E-state index >= 15 is 0 Å². The fourth-order valence-electron chi connectivity index (χ4n) is 2.56. The van der Waals surface area contributed by atoms with E-state index in [1.807, 2.05) is 27.7 Å². The Kier molecular flexibility index (Phi) is 5.19. The highest BCUT2D eigenvalue weighted by Crippen LogP contribution is 2.34. The predicted molar refractivity (Wildman–Crippen MR) is 82.6 cm³/mol. The van der Waals surface area contributed by atoms with Crippen LogP contribution in [0.25, 0.3) is 0 Å². The lowest BCUT2D eigenvalue weighted by Gasteiger charge is -2.33. The molecule has 0 aromatic carbocycles. The van der Waals surface area contributed by atoms with Crippen LogP contribution in [0.2, 0.25) is 0 Å². The first kappa shape index (κ1) is 16.9. The second-order valence-electron chi connectivity index (χ2n) is 7.33. The summed E-state index contributed by atoms with van der Waals surface area (Å²) in [6.07, 6.45) is 3.15. The first-order valence-corrected chi connectivity index (χ1v) is 8.19. The molecule has 1 aliphatic carbocycles. The van der Waals surface area contributed by atoms with Crippen molar-refractivity contribution in [3.8, 4) is 0 Å². The van der Waals surface area contributed by atoms with Crippen LogP contribution in [0.4, 0.5) is 9.59 Å². The second-order valence-corrected chi connectivity index (χ2v) is 7.33. The van der Waals surface area contributed by atoms with Crippen molar-refractivity contribution in [3.05, 3.63) is 0 Å². The van der Waals surface area contributed by atoms with E-state index in [-0.39, 0.29) is 24.3 Å². The van der Waals surface area contributed by atoms with Crippen LogP contribution in [0.5, 0.6) is 0 Å². The number of ether oxygens (including phenoxy) is 2. The first-order chi connectivity index (χ1) is 10.2. The highest BCUT2D eigenvalue weighted by atomic mass is 16.6. The molecule has 0 radical (unpaired) electrons. The smallest absolute Gasteiger partial charge is 0.410 e. The Labute approximate surface area is 132 Å². The summed E-state index contributed by atoms with van der Waals surface area (Å²) in [5, 5.41) is 2.90. The molecule has 22 heavy (non-hydrogen) atoms. The Balaban J connectivity index is 1.68. The number of nitrogens with one attached hydrogen (secondary N) is 1.